The molecule has 112 valence electrons. The molecule has 0 radical (unpaired) electrons. The van der Waals surface area contributed by atoms with Gasteiger partial charge in [-0.05, 0) is 25.0 Å². The lowest BCUT2D eigenvalue weighted by atomic mass is 10.2. The fourth-order valence-corrected chi connectivity index (χ4v) is 5.11. The van der Waals surface area contributed by atoms with Gasteiger partial charge in [-0.3, -0.25) is 4.79 Å². The van der Waals surface area contributed by atoms with Gasteiger partial charge in [0.1, 0.15) is 9.71 Å². The van der Waals surface area contributed by atoms with E-state index in [0.29, 0.717) is 28.2 Å². The molecule has 0 spiro atoms. The van der Waals surface area contributed by atoms with E-state index < -0.39 is 9.84 Å². The van der Waals surface area contributed by atoms with Crippen molar-refractivity contribution in [2.24, 2.45) is 0 Å². The van der Waals surface area contributed by atoms with Crippen molar-refractivity contribution in [1.82, 2.24) is 10.3 Å². The molecule has 6 nitrogen and oxygen atoms in total. The summed E-state index contributed by atoms with van der Waals surface area (Å²) >= 11 is 1.22. The van der Waals surface area contributed by atoms with Crippen molar-refractivity contribution in [3.05, 3.63) is 23.2 Å². The molecular weight excluding hydrogens is 310 g/mol. The van der Waals surface area contributed by atoms with E-state index in [4.69, 9.17) is 5.73 Å². The normalized spacial score (nSPS) is 21.2. The molecule has 2 aromatic rings. The maximum Gasteiger partial charge on any atom is 0.263 e. The second-order valence-corrected chi connectivity index (χ2v) is 8.36. The number of nitrogens with two attached hydrogens (primary N) is 1. The van der Waals surface area contributed by atoms with Gasteiger partial charge in [-0.15, -0.1) is 11.3 Å². The van der Waals surface area contributed by atoms with Gasteiger partial charge in [-0.2, -0.15) is 0 Å². The summed E-state index contributed by atoms with van der Waals surface area (Å²) in [5, 5.41) is 3.53. The van der Waals surface area contributed by atoms with Gasteiger partial charge in [0.15, 0.2) is 9.84 Å². The highest BCUT2D eigenvalue weighted by atomic mass is 32.2. The summed E-state index contributed by atoms with van der Waals surface area (Å²) in [4.78, 5) is 17.6. The summed E-state index contributed by atoms with van der Waals surface area (Å²) in [6, 6.07) is 3.24. The zero-order valence-electron chi connectivity index (χ0n) is 11.2. The van der Waals surface area contributed by atoms with Gasteiger partial charge in [-0.25, -0.2) is 13.4 Å². The van der Waals surface area contributed by atoms with Crippen molar-refractivity contribution in [3.63, 3.8) is 0 Å². The van der Waals surface area contributed by atoms with Crippen LogP contribution in [0, 0.1) is 0 Å². The third-order valence-corrected chi connectivity index (χ3v) is 6.46. The number of nitrogen functional groups attached to an aromatic ring is 1. The van der Waals surface area contributed by atoms with E-state index in [2.05, 4.69) is 10.3 Å². The van der Waals surface area contributed by atoms with Crippen molar-refractivity contribution >= 4 is 43.0 Å². The van der Waals surface area contributed by atoms with Crippen LogP contribution in [0.3, 0.4) is 0 Å². The molecule has 1 aliphatic heterocycles. The molecule has 0 bridgehead atoms. The number of anilines is 1. The smallest absolute Gasteiger partial charge is 0.263 e. The van der Waals surface area contributed by atoms with E-state index in [1.807, 2.05) is 6.07 Å². The number of sulfone groups is 1. The van der Waals surface area contributed by atoms with Crippen LogP contribution in [0.15, 0.2) is 18.3 Å². The highest BCUT2D eigenvalue weighted by molar-refractivity contribution is 7.91. The van der Waals surface area contributed by atoms with Gasteiger partial charge in [0.25, 0.3) is 5.91 Å². The van der Waals surface area contributed by atoms with Gasteiger partial charge in [-0.1, -0.05) is 0 Å². The predicted octanol–water partition coefficient (Wildman–Crippen LogP) is 1.19. The number of carbonyl (C=O) groups is 1. The Morgan fingerprint density at radius 1 is 1.48 bits per heavy atom. The summed E-state index contributed by atoms with van der Waals surface area (Å²) < 4.78 is 23.2. The molecule has 2 aromatic heterocycles. The molecule has 21 heavy (non-hydrogen) atoms. The fraction of sp³-hybridized carbons (Fsp3) is 0.385. The molecule has 1 amide bonds. The summed E-state index contributed by atoms with van der Waals surface area (Å²) in [5.41, 5.74) is 6.39. The summed E-state index contributed by atoms with van der Waals surface area (Å²) in [7, 11) is -3.05. The van der Waals surface area contributed by atoms with Gasteiger partial charge in [0, 0.05) is 17.6 Å². The number of fused-ring (bicyclic) bond motifs is 1. The molecule has 8 heteroatoms. The van der Waals surface area contributed by atoms with Crippen LogP contribution in [0.4, 0.5) is 5.69 Å². The zero-order chi connectivity index (χ0) is 15.0. The predicted molar refractivity (Wildman–Crippen MR) is 83.2 cm³/mol. The number of thiophene rings is 1. The minimum Gasteiger partial charge on any atom is -0.397 e. The van der Waals surface area contributed by atoms with Crippen molar-refractivity contribution in [2.75, 3.05) is 17.2 Å². The van der Waals surface area contributed by atoms with Crippen LogP contribution >= 0.6 is 11.3 Å². The van der Waals surface area contributed by atoms with Crippen LogP contribution in [-0.4, -0.2) is 36.9 Å². The Morgan fingerprint density at radius 2 is 2.29 bits per heavy atom. The number of hydrogen-bond donors (Lipinski definition) is 2. The molecule has 1 aliphatic rings. The van der Waals surface area contributed by atoms with Crippen LogP contribution in [0.5, 0.6) is 0 Å². The van der Waals surface area contributed by atoms with E-state index >= 15 is 0 Å². The summed E-state index contributed by atoms with van der Waals surface area (Å²) in [5.74, 6) is -0.117. The molecule has 0 aliphatic carbocycles. The molecule has 1 saturated heterocycles. The Hall–Kier alpha value is -1.67. The van der Waals surface area contributed by atoms with Crippen LogP contribution in [0.1, 0.15) is 22.5 Å². The summed E-state index contributed by atoms with van der Waals surface area (Å²) in [6.45, 7) is 0. The highest BCUT2D eigenvalue weighted by Crippen LogP contribution is 2.32. The van der Waals surface area contributed by atoms with Crippen LogP contribution in [-0.2, 0) is 9.84 Å². The zero-order valence-corrected chi connectivity index (χ0v) is 12.8. The second-order valence-electron chi connectivity index (χ2n) is 5.13. The van der Waals surface area contributed by atoms with Crippen molar-refractivity contribution in [1.29, 1.82) is 0 Å². The highest BCUT2D eigenvalue weighted by Gasteiger charge is 2.27. The number of aromatic nitrogens is 1. The quantitative estimate of drug-likeness (QED) is 0.863. The number of carbonyl (C=O) groups excluding carboxylic acids is 1. The summed E-state index contributed by atoms with van der Waals surface area (Å²) in [6.07, 6.45) is 2.90. The van der Waals surface area contributed by atoms with Crippen molar-refractivity contribution < 1.29 is 13.2 Å². The van der Waals surface area contributed by atoms with Crippen LogP contribution < -0.4 is 11.1 Å². The van der Waals surface area contributed by atoms with E-state index in [1.165, 1.54) is 11.3 Å². The minimum absolute atomic E-state index is 0.00178. The number of pyridine rings is 1. The molecule has 3 heterocycles. The Kier molecular flexibility index (Phi) is 3.58. The maximum atomic E-state index is 12.3. The Balaban J connectivity index is 1.82. The standard InChI is InChI=1S/C13H15N3O3S2/c14-10-9-4-1-5-15-13(9)20-11(10)12(17)16-8-3-2-6-21(18,19)7-8/h1,4-5,8H,2-3,6-7,14H2,(H,16,17). The SMILES string of the molecule is Nc1c(C(=O)NC2CCCS(=O)(=O)C2)sc2ncccc12. The first-order valence-electron chi connectivity index (χ1n) is 6.60. The third-order valence-electron chi connectivity index (χ3n) is 3.51. The minimum atomic E-state index is -3.05. The fourth-order valence-electron chi connectivity index (χ4n) is 2.51. The van der Waals surface area contributed by atoms with Crippen LogP contribution in [0.2, 0.25) is 0 Å². The molecule has 1 atom stereocenters. The maximum absolute atomic E-state index is 12.3. The Morgan fingerprint density at radius 3 is 3.00 bits per heavy atom. The lowest BCUT2D eigenvalue weighted by molar-refractivity contribution is 0.0943. The first-order chi connectivity index (χ1) is 9.96. The number of nitrogens with zero attached hydrogens (tertiary/aromatic N) is 1. The van der Waals surface area contributed by atoms with Gasteiger partial charge >= 0.3 is 0 Å². The van der Waals surface area contributed by atoms with E-state index in [0.717, 1.165) is 5.39 Å². The molecule has 1 unspecified atom stereocenters. The van der Waals surface area contributed by atoms with Gasteiger partial charge < -0.3 is 11.1 Å². The third kappa shape index (κ3) is 2.86. The number of hydrogen-bond acceptors (Lipinski definition) is 6. The van der Waals surface area contributed by atoms with Crippen LogP contribution in [0.25, 0.3) is 10.2 Å². The van der Waals surface area contributed by atoms with E-state index in [9.17, 15) is 13.2 Å². The average molecular weight is 325 g/mol. The number of nitrogens with one attached hydrogen (secondary N) is 1. The Labute approximate surface area is 126 Å². The van der Waals surface area contributed by atoms with E-state index in [1.54, 1.807) is 12.3 Å². The largest absolute Gasteiger partial charge is 0.397 e. The molecule has 3 rings (SSSR count). The monoisotopic (exact) mass is 325 g/mol. The second kappa shape index (κ2) is 5.27. The number of rotatable bonds is 2. The lowest BCUT2D eigenvalue weighted by Gasteiger charge is -2.22. The topological polar surface area (TPSA) is 102 Å². The molecule has 0 aromatic carbocycles. The molecular formula is C13H15N3O3S2. The van der Waals surface area contributed by atoms with Crippen molar-refractivity contribution in [3.8, 4) is 0 Å². The van der Waals surface area contributed by atoms with E-state index in [-0.39, 0.29) is 23.5 Å². The first kappa shape index (κ1) is 14.3. The molecule has 0 saturated carbocycles. The van der Waals surface area contributed by atoms with Gasteiger partial charge in [0.2, 0.25) is 0 Å². The Bertz CT molecular complexity index is 798. The van der Waals surface area contributed by atoms with Gasteiger partial charge in [0.05, 0.1) is 17.2 Å². The lowest BCUT2D eigenvalue weighted by Crippen LogP contribution is -2.43. The number of amides is 1. The first-order valence-corrected chi connectivity index (χ1v) is 9.24. The molecule has 1 fully saturated rings. The van der Waals surface area contributed by atoms with Crippen molar-refractivity contribution in [2.45, 2.75) is 18.9 Å². The average Bonchev–Trinajstić information content (AvgIpc) is 2.76. The molecule has 3 N–H and O–H groups in total.